The highest BCUT2D eigenvalue weighted by Crippen LogP contribution is 2.38. The Balaban J connectivity index is 2.48. The average molecular weight is 279 g/mol. The molecule has 1 N–H and O–H groups in total. The van der Waals surface area contributed by atoms with E-state index < -0.39 is 5.97 Å². The van der Waals surface area contributed by atoms with Crippen molar-refractivity contribution in [2.45, 2.75) is 71.3 Å². The summed E-state index contributed by atoms with van der Waals surface area (Å²) in [5.41, 5.74) is 0.598. The minimum Gasteiger partial charge on any atom is -0.476 e. The predicted molar refractivity (Wildman–Crippen MR) is 77.0 cm³/mol. The molecular formula is C15H25N3O2. The normalized spacial score (nSPS) is 23.8. The van der Waals surface area contributed by atoms with Gasteiger partial charge in [0.2, 0.25) is 0 Å². The molecule has 0 saturated heterocycles. The van der Waals surface area contributed by atoms with Crippen LogP contribution in [0.15, 0.2) is 0 Å². The fraction of sp³-hybridized carbons (Fsp3) is 0.800. The van der Waals surface area contributed by atoms with Gasteiger partial charge in [0.05, 0.1) is 11.7 Å². The standard InChI is InChI=1S/C15H25N3O2/c1-5-10-8-6-7-9-11(10)18-13(15(2,3)4)12(14(19)20)16-17-18/h10-11H,5-9H2,1-4H3,(H,19,20). The number of nitrogens with zero attached hydrogens (tertiary/aromatic N) is 3. The second kappa shape index (κ2) is 5.54. The molecule has 2 rings (SSSR count). The molecule has 0 radical (unpaired) electrons. The Morgan fingerprint density at radius 1 is 1.35 bits per heavy atom. The van der Waals surface area contributed by atoms with Crippen molar-refractivity contribution in [2.24, 2.45) is 5.92 Å². The van der Waals surface area contributed by atoms with Gasteiger partial charge < -0.3 is 5.11 Å². The van der Waals surface area contributed by atoms with Gasteiger partial charge in [-0.05, 0) is 18.8 Å². The highest BCUT2D eigenvalue weighted by atomic mass is 16.4. The molecule has 1 saturated carbocycles. The zero-order valence-corrected chi connectivity index (χ0v) is 12.9. The van der Waals surface area contributed by atoms with Crippen molar-refractivity contribution in [3.63, 3.8) is 0 Å². The number of rotatable bonds is 3. The summed E-state index contributed by atoms with van der Waals surface area (Å²) in [4.78, 5) is 11.4. The van der Waals surface area contributed by atoms with E-state index in [1.807, 2.05) is 25.5 Å². The summed E-state index contributed by atoms with van der Waals surface area (Å²) in [6.45, 7) is 8.28. The van der Waals surface area contributed by atoms with Gasteiger partial charge in [0.15, 0.2) is 5.69 Å². The highest BCUT2D eigenvalue weighted by molar-refractivity contribution is 5.86. The highest BCUT2D eigenvalue weighted by Gasteiger charge is 2.35. The molecule has 112 valence electrons. The van der Waals surface area contributed by atoms with E-state index in [1.165, 1.54) is 19.3 Å². The minimum atomic E-state index is -0.981. The van der Waals surface area contributed by atoms with Gasteiger partial charge in [-0.15, -0.1) is 5.10 Å². The van der Waals surface area contributed by atoms with Crippen molar-refractivity contribution in [1.82, 2.24) is 15.0 Å². The van der Waals surface area contributed by atoms with Crippen LogP contribution in [0.5, 0.6) is 0 Å². The molecule has 1 aromatic heterocycles. The van der Waals surface area contributed by atoms with Crippen LogP contribution in [0.2, 0.25) is 0 Å². The Hall–Kier alpha value is -1.39. The lowest BCUT2D eigenvalue weighted by molar-refractivity contribution is 0.0687. The molecule has 5 nitrogen and oxygen atoms in total. The van der Waals surface area contributed by atoms with Crippen LogP contribution in [0, 0.1) is 5.92 Å². The predicted octanol–water partition coefficient (Wildman–Crippen LogP) is 3.42. The minimum absolute atomic E-state index is 0.109. The molecule has 1 heterocycles. The van der Waals surface area contributed by atoms with E-state index in [2.05, 4.69) is 17.2 Å². The van der Waals surface area contributed by atoms with Gasteiger partial charge >= 0.3 is 5.97 Å². The molecule has 0 bridgehead atoms. The van der Waals surface area contributed by atoms with E-state index in [1.54, 1.807) is 0 Å². The monoisotopic (exact) mass is 279 g/mol. The van der Waals surface area contributed by atoms with Crippen LogP contribution in [-0.4, -0.2) is 26.1 Å². The van der Waals surface area contributed by atoms with Crippen LogP contribution in [-0.2, 0) is 5.41 Å². The topological polar surface area (TPSA) is 68.0 Å². The SMILES string of the molecule is CCC1CCCCC1n1nnc(C(=O)O)c1C(C)(C)C. The van der Waals surface area contributed by atoms with E-state index in [0.717, 1.165) is 18.5 Å². The lowest BCUT2D eigenvalue weighted by atomic mass is 9.81. The van der Waals surface area contributed by atoms with Crippen molar-refractivity contribution in [2.75, 3.05) is 0 Å². The summed E-state index contributed by atoms with van der Waals surface area (Å²) in [7, 11) is 0. The van der Waals surface area contributed by atoms with Gasteiger partial charge in [-0.1, -0.05) is 52.2 Å². The van der Waals surface area contributed by atoms with Crippen LogP contribution in [0.4, 0.5) is 0 Å². The maximum absolute atomic E-state index is 11.4. The zero-order valence-electron chi connectivity index (χ0n) is 12.9. The Kier molecular flexibility index (Phi) is 4.16. The third-order valence-electron chi connectivity index (χ3n) is 4.31. The molecule has 5 heteroatoms. The first-order valence-corrected chi connectivity index (χ1v) is 7.55. The molecular weight excluding hydrogens is 254 g/mol. The van der Waals surface area contributed by atoms with Crippen molar-refractivity contribution < 1.29 is 9.90 Å². The first kappa shape index (κ1) is 15.0. The maximum atomic E-state index is 11.4. The van der Waals surface area contributed by atoms with E-state index in [9.17, 15) is 9.90 Å². The maximum Gasteiger partial charge on any atom is 0.358 e. The number of hydrogen-bond donors (Lipinski definition) is 1. The van der Waals surface area contributed by atoms with Gasteiger partial charge in [0.1, 0.15) is 0 Å². The lowest BCUT2D eigenvalue weighted by Gasteiger charge is -2.33. The first-order chi connectivity index (χ1) is 9.36. The molecule has 0 aliphatic heterocycles. The summed E-state index contributed by atoms with van der Waals surface area (Å²) in [5, 5.41) is 17.5. The van der Waals surface area contributed by atoms with Crippen molar-refractivity contribution in [3.8, 4) is 0 Å². The van der Waals surface area contributed by atoms with Gasteiger partial charge in [0.25, 0.3) is 0 Å². The number of carboxylic acids is 1. The largest absolute Gasteiger partial charge is 0.476 e. The number of carbonyl (C=O) groups is 1. The summed E-state index contributed by atoms with van der Waals surface area (Å²) < 4.78 is 1.91. The molecule has 0 aromatic carbocycles. The molecule has 1 aliphatic carbocycles. The Morgan fingerprint density at radius 2 is 2.00 bits per heavy atom. The average Bonchev–Trinajstić information content (AvgIpc) is 2.83. The Labute approximate surface area is 120 Å². The molecule has 2 atom stereocenters. The van der Waals surface area contributed by atoms with E-state index in [0.29, 0.717) is 12.0 Å². The Bertz CT molecular complexity index is 488. The Morgan fingerprint density at radius 3 is 2.55 bits per heavy atom. The third-order valence-corrected chi connectivity index (χ3v) is 4.31. The second-order valence-electron chi connectivity index (χ2n) is 6.81. The lowest BCUT2D eigenvalue weighted by Crippen LogP contribution is -2.29. The summed E-state index contributed by atoms with van der Waals surface area (Å²) in [5.74, 6) is -0.404. The summed E-state index contributed by atoms with van der Waals surface area (Å²) in [6, 6.07) is 0.295. The van der Waals surface area contributed by atoms with Crippen LogP contribution in [0.1, 0.15) is 82.0 Å². The second-order valence-corrected chi connectivity index (χ2v) is 6.81. The van der Waals surface area contributed by atoms with Gasteiger partial charge in [0, 0.05) is 5.41 Å². The van der Waals surface area contributed by atoms with Gasteiger partial charge in [-0.2, -0.15) is 0 Å². The van der Waals surface area contributed by atoms with Crippen LogP contribution in [0.3, 0.4) is 0 Å². The van der Waals surface area contributed by atoms with E-state index in [4.69, 9.17) is 0 Å². The number of aromatic carboxylic acids is 1. The molecule has 1 aliphatic rings. The molecule has 1 fully saturated rings. The van der Waals surface area contributed by atoms with Crippen LogP contribution >= 0.6 is 0 Å². The number of aromatic nitrogens is 3. The molecule has 2 unspecified atom stereocenters. The smallest absolute Gasteiger partial charge is 0.358 e. The molecule has 1 aromatic rings. The van der Waals surface area contributed by atoms with Gasteiger partial charge in [-0.25, -0.2) is 9.48 Å². The fourth-order valence-electron chi connectivity index (χ4n) is 3.35. The van der Waals surface area contributed by atoms with Crippen LogP contribution in [0.25, 0.3) is 0 Å². The molecule has 0 spiro atoms. The quantitative estimate of drug-likeness (QED) is 0.920. The zero-order chi connectivity index (χ0) is 14.9. The summed E-state index contributed by atoms with van der Waals surface area (Å²) >= 11 is 0. The van der Waals surface area contributed by atoms with Crippen molar-refractivity contribution >= 4 is 5.97 Å². The van der Waals surface area contributed by atoms with Crippen molar-refractivity contribution in [3.05, 3.63) is 11.4 Å². The van der Waals surface area contributed by atoms with Crippen LogP contribution < -0.4 is 0 Å². The number of hydrogen-bond acceptors (Lipinski definition) is 3. The first-order valence-electron chi connectivity index (χ1n) is 7.55. The molecule has 20 heavy (non-hydrogen) atoms. The van der Waals surface area contributed by atoms with Crippen molar-refractivity contribution in [1.29, 1.82) is 0 Å². The number of carboxylic acid groups (broad SMARTS) is 1. The summed E-state index contributed by atoms with van der Waals surface area (Å²) in [6.07, 6.45) is 5.83. The molecule has 0 amide bonds. The van der Waals surface area contributed by atoms with E-state index in [-0.39, 0.29) is 11.1 Å². The fourth-order valence-corrected chi connectivity index (χ4v) is 3.35. The van der Waals surface area contributed by atoms with Gasteiger partial charge in [-0.3, -0.25) is 0 Å². The van der Waals surface area contributed by atoms with E-state index >= 15 is 0 Å². The third kappa shape index (κ3) is 2.72.